The van der Waals surface area contributed by atoms with Gasteiger partial charge in [0.2, 0.25) is 0 Å². The summed E-state index contributed by atoms with van der Waals surface area (Å²) in [4.78, 5) is 14.4. The molecule has 2 N–H and O–H groups in total. The van der Waals surface area contributed by atoms with Gasteiger partial charge in [-0.2, -0.15) is 0 Å². The normalized spacial score (nSPS) is 17.2. The third-order valence-electron chi connectivity index (χ3n) is 4.64. The van der Waals surface area contributed by atoms with Gasteiger partial charge in [0.05, 0.1) is 6.10 Å². The summed E-state index contributed by atoms with van der Waals surface area (Å²) < 4.78 is 12.9. The molecule has 0 spiro atoms. The Morgan fingerprint density at radius 1 is 1.12 bits per heavy atom. The van der Waals surface area contributed by atoms with E-state index >= 15 is 0 Å². The van der Waals surface area contributed by atoms with Crippen LogP contribution in [-0.2, 0) is 0 Å². The highest BCUT2D eigenvalue weighted by molar-refractivity contribution is 5.94. The first-order valence-corrected chi connectivity index (χ1v) is 8.63. The largest absolute Gasteiger partial charge is 0.387 e. The number of amides is 1. The molecule has 2 aromatic rings. The fraction of sp³-hybridized carbons (Fsp3) is 0.350. The molecule has 2 aromatic carbocycles. The second kappa shape index (κ2) is 8.23. The van der Waals surface area contributed by atoms with Crippen LogP contribution in [0.1, 0.15) is 34.9 Å². The fourth-order valence-corrected chi connectivity index (χ4v) is 3.16. The van der Waals surface area contributed by atoms with Crippen molar-refractivity contribution in [3.05, 3.63) is 71.5 Å². The molecule has 1 aliphatic heterocycles. The van der Waals surface area contributed by atoms with Gasteiger partial charge in [-0.15, -0.1) is 0 Å². The van der Waals surface area contributed by atoms with Crippen molar-refractivity contribution >= 4 is 5.91 Å². The lowest BCUT2D eigenvalue weighted by atomic mass is 10.0. The summed E-state index contributed by atoms with van der Waals surface area (Å²) in [5, 5.41) is 13.3. The van der Waals surface area contributed by atoms with Crippen LogP contribution in [-0.4, -0.2) is 41.6 Å². The highest BCUT2D eigenvalue weighted by atomic mass is 19.1. The molecular weight excluding hydrogens is 319 g/mol. The maximum atomic E-state index is 12.9. The van der Waals surface area contributed by atoms with E-state index in [4.69, 9.17) is 0 Å². The number of rotatable bonds is 5. The van der Waals surface area contributed by atoms with Gasteiger partial charge in [0, 0.05) is 31.2 Å². The Bertz CT molecular complexity index is 683. The Morgan fingerprint density at radius 3 is 2.40 bits per heavy atom. The van der Waals surface area contributed by atoms with E-state index in [2.05, 4.69) is 10.2 Å². The molecule has 1 heterocycles. The lowest BCUT2D eigenvalue weighted by Gasteiger charge is -2.33. The highest BCUT2D eigenvalue weighted by Crippen LogP contribution is 2.18. The van der Waals surface area contributed by atoms with Gasteiger partial charge >= 0.3 is 0 Å². The number of aliphatic hydroxyl groups is 1. The summed E-state index contributed by atoms with van der Waals surface area (Å²) in [5.74, 6) is -0.510. The molecule has 3 rings (SSSR count). The lowest BCUT2D eigenvalue weighted by Crippen LogP contribution is -2.45. The minimum Gasteiger partial charge on any atom is -0.387 e. The Kier molecular flexibility index (Phi) is 5.79. The van der Waals surface area contributed by atoms with E-state index in [9.17, 15) is 14.3 Å². The van der Waals surface area contributed by atoms with Crippen LogP contribution in [0.25, 0.3) is 0 Å². The maximum absolute atomic E-state index is 12.9. The third kappa shape index (κ3) is 4.87. The van der Waals surface area contributed by atoms with Crippen molar-refractivity contribution in [2.24, 2.45) is 0 Å². The van der Waals surface area contributed by atoms with Gasteiger partial charge in [-0.25, -0.2) is 4.39 Å². The zero-order valence-electron chi connectivity index (χ0n) is 14.1. The topological polar surface area (TPSA) is 52.6 Å². The van der Waals surface area contributed by atoms with Crippen molar-refractivity contribution in [3.8, 4) is 0 Å². The van der Waals surface area contributed by atoms with Crippen LogP contribution in [0.15, 0.2) is 54.6 Å². The molecule has 5 heteroatoms. The molecule has 1 saturated heterocycles. The van der Waals surface area contributed by atoms with Crippen LogP contribution >= 0.6 is 0 Å². The highest BCUT2D eigenvalue weighted by Gasteiger charge is 2.23. The van der Waals surface area contributed by atoms with E-state index in [0.29, 0.717) is 12.1 Å². The van der Waals surface area contributed by atoms with E-state index < -0.39 is 6.10 Å². The average Bonchev–Trinajstić information content (AvgIpc) is 2.64. The van der Waals surface area contributed by atoms with Gasteiger partial charge in [0.25, 0.3) is 5.91 Å². The Labute approximate surface area is 147 Å². The first-order valence-electron chi connectivity index (χ1n) is 8.63. The number of piperidine rings is 1. The molecule has 0 saturated carbocycles. The van der Waals surface area contributed by atoms with Gasteiger partial charge in [-0.3, -0.25) is 4.79 Å². The first-order chi connectivity index (χ1) is 12.1. The summed E-state index contributed by atoms with van der Waals surface area (Å²) in [7, 11) is 0. The Morgan fingerprint density at radius 2 is 1.76 bits per heavy atom. The summed E-state index contributed by atoms with van der Waals surface area (Å²) >= 11 is 0. The van der Waals surface area contributed by atoms with E-state index in [-0.39, 0.29) is 17.8 Å². The van der Waals surface area contributed by atoms with E-state index in [1.165, 1.54) is 24.3 Å². The van der Waals surface area contributed by atoms with Crippen LogP contribution in [0, 0.1) is 5.82 Å². The summed E-state index contributed by atoms with van der Waals surface area (Å²) in [6.45, 7) is 2.26. The fourth-order valence-electron chi connectivity index (χ4n) is 3.16. The molecule has 1 amide bonds. The summed E-state index contributed by atoms with van der Waals surface area (Å²) in [6, 6.07) is 15.3. The zero-order chi connectivity index (χ0) is 17.6. The lowest BCUT2D eigenvalue weighted by molar-refractivity contribution is 0.0828. The van der Waals surface area contributed by atoms with Crippen molar-refractivity contribution in [1.29, 1.82) is 0 Å². The molecule has 132 valence electrons. The SMILES string of the molecule is O=C(NC1CCN(C[C@H](O)c2ccccc2)CC1)c1ccc(F)cc1. The van der Waals surface area contributed by atoms with Crippen molar-refractivity contribution in [2.75, 3.05) is 19.6 Å². The van der Waals surface area contributed by atoms with Crippen molar-refractivity contribution in [3.63, 3.8) is 0 Å². The first kappa shape index (κ1) is 17.6. The smallest absolute Gasteiger partial charge is 0.251 e. The van der Waals surface area contributed by atoms with Crippen LogP contribution < -0.4 is 5.32 Å². The van der Waals surface area contributed by atoms with Gasteiger partial charge in [-0.05, 0) is 42.7 Å². The van der Waals surface area contributed by atoms with Crippen LogP contribution in [0.2, 0.25) is 0 Å². The molecule has 0 unspecified atom stereocenters. The summed E-state index contributed by atoms with van der Waals surface area (Å²) in [5.41, 5.74) is 1.40. The molecule has 25 heavy (non-hydrogen) atoms. The number of nitrogens with one attached hydrogen (secondary N) is 1. The molecule has 0 radical (unpaired) electrons. The third-order valence-corrected chi connectivity index (χ3v) is 4.64. The van der Waals surface area contributed by atoms with E-state index in [1.807, 2.05) is 30.3 Å². The number of carbonyl (C=O) groups excluding carboxylic acids is 1. The number of benzene rings is 2. The number of aliphatic hydroxyl groups excluding tert-OH is 1. The van der Waals surface area contributed by atoms with Crippen LogP contribution in [0.4, 0.5) is 4.39 Å². The minimum absolute atomic E-state index is 0.114. The number of nitrogens with zero attached hydrogens (tertiary/aromatic N) is 1. The Hall–Kier alpha value is -2.24. The second-order valence-electron chi connectivity index (χ2n) is 6.48. The molecular formula is C20H23FN2O2. The molecule has 4 nitrogen and oxygen atoms in total. The van der Waals surface area contributed by atoms with Crippen molar-refractivity contribution in [2.45, 2.75) is 25.0 Å². The number of likely N-dealkylation sites (tertiary alicyclic amines) is 1. The number of carbonyl (C=O) groups is 1. The van der Waals surface area contributed by atoms with Crippen molar-refractivity contribution < 1.29 is 14.3 Å². The number of hydrogen-bond acceptors (Lipinski definition) is 3. The van der Waals surface area contributed by atoms with E-state index in [0.717, 1.165) is 31.5 Å². The van der Waals surface area contributed by atoms with E-state index in [1.54, 1.807) is 0 Å². The van der Waals surface area contributed by atoms with Crippen LogP contribution in [0.5, 0.6) is 0 Å². The molecule has 1 fully saturated rings. The average molecular weight is 342 g/mol. The number of halogens is 1. The zero-order valence-corrected chi connectivity index (χ0v) is 14.1. The van der Waals surface area contributed by atoms with Crippen molar-refractivity contribution in [1.82, 2.24) is 10.2 Å². The van der Waals surface area contributed by atoms with Gasteiger partial charge < -0.3 is 15.3 Å². The maximum Gasteiger partial charge on any atom is 0.251 e. The van der Waals surface area contributed by atoms with Crippen LogP contribution in [0.3, 0.4) is 0 Å². The molecule has 0 aliphatic carbocycles. The van der Waals surface area contributed by atoms with Gasteiger partial charge in [0.1, 0.15) is 5.82 Å². The second-order valence-corrected chi connectivity index (χ2v) is 6.48. The molecule has 1 atom stereocenters. The minimum atomic E-state index is -0.494. The summed E-state index contributed by atoms with van der Waals surface area (Å²) in [6.07, 6.45) is 1.19. The quantitative estimate of drug-likeness (QED) is 0.878. The monoisotopic (exact) mass is 342 g/mol. The molecule has 0 aromatic heterocycles. The van der Waals surface area contributed by atoms with Gasteiger partial charge in [0.15, 0.2) is 0 Å². The Balaban J connectivity index is 1.45. The molecule has 0 bridgehead atoms. The molecule has 1 aliphatic rings. The standard InChI is InChI=1S/C20H23FN2O2/c21-17-8-6-16(7-9-17)20(25)22-18-10-12-23(13-11-18)14-19(24)15-4-2-1-3-5-15/h1-9,18-19,24H,10-14H2,(H,22,25)/t19-/m0/s1. The predicted molar refractivity (Wildman–Crippen MR) is 94.7 cm³/mol. The predicted octanol–water partition coefficient (Wildman–Crippen LogP) is 2.75. The number of hydrogen-bond donors (Lipinski definition) is 2. The van der Waals surface area contributed by atoms with Gasteiger partial charge in [-0.1, -0.05) is 30.3 Å². The number of β-amino-alcohol motifs (C(OH)–C–C–N with tert-alkyl or cyclic N) is 1.